The number of nitrogens with zero attached hydrogens (tertiary/aromatic N) is 2. The maximum absolute atomic E-state index is 5.79. The fourth-order valence-corrected chi connectivity index (χ4v) is 2.74. The van der Waals surface area contributed by atoms with Crippen LogP contribution in [0.15, 0.2) is 42.6 Å². The van der Waals surface area contributed by atoms with Gasteiger partial charge >= 0.3 is 0 Å². The molecule has 1 aromatic carbocycles. The average molecular weight is 239 g/mol. The summed E-state index contributed by atoms with van der Waals surface area (Å²) in [5.41, 5.74) is 10.6. The van der Waals surface area contributed by atoms with Gasteiger partial charge in [-0.05, 0) is 37.1 Å². The van der Waals surface area contributed by atoms with Gasteiger partial charge in [0.15, 0.2) is 0 Å². The Morgan fingerprint density at radius 3 is 2.83 bits per heavy atom. The molecule has 0 spiro atoms. The molecule has 0 saturated carbocycles. The maximum atomic E-state index is 5.79. The van der Waals surface area contributed by atoms with E-state index >= 15 is 0 Å². The van der Waals surface area contributed by atoms with Crippen LogP contribution in [0.25, 0.3) is 0 Å². The number of hydrogen-bond acceptors (Lipinski definition) is 3. The molecule has 1 aromatic heterocycles. The second-order valence-electron chi connectivity index (χ2n) is 4.73. The van der Waals surface area contributed by atoms with E-state index in [1.165, 1.54) is 11.3 Å². The quantitative estimate of drug-likeness (QED) is 0.876. The van der Waals surface area contributed by atoms with Gasteiger partial charge in [-0.15, -0.1) is 0 Å². The van der Waals surface area contributed by atoms with Crippen LogP contribution < -0.4 is 10.6 Å². The average Bonchev–Trinajstić information content (AvgIpc) is 2.74. The first-order chi connectivity index (χ1) is 8.81. The van der Waals surface area contributed by atoms with Crippen molar-refractivity contribution in [1.82, 2.24) is 4.98 Å². The fraction of sp³-hybridized carbons (Fsp3) is 0.267. The minimum atomic E-state index is 0.455. The Morgan fingerprint density at radius 1 is 1.22 bits per heavy atom. The lowest BCUT2D eigenvalue weighted by molar-refractivity contribution is 0.751. The first kappa shape index (κ1) is 11.2. The molecule has 3 nitrogen and oxygen atoms in total. The predicted octanol–water partition coefficient (Wildman–Crippen LogP) is 2.62. The zero-order valence-electron chi connectivity index (χ0n) is 10.5. The zero-order chi connectivity index (χ0) is 12.5. The summed E-state index contributed by atoms with van der Waals surface area (Å²) in [7, 11) is 0. The molecule has 1 aliphatic heterocycles. The summed E-state index contributed by atoms with van der Waals surface area (Å²) in [4.78, 5) is 6.73. The third-order valence-electron chi connectivity index (χ3n) is 3.53. The highest BCUT2D eigenvalue weighted by atomic mass is 15.2. The molecule has 92 valence electrons. The van der Waals surface area contributed by atoms with E-state index < -0.39 is 0 Å². The summed E-state index contributed by atoms with van der Waals surface area (Å²) in [5.74, 6) is 0. The van der Waals surface area contributed by atoms with Crippen molar-refractivity contribution in [1.29, 1.82) is 0 Å². The van der Waals surface area contributed by atoms with Crippen LogP contribution >= 0.6 is 0 Å². The van der Waals surface area contributed by atoms with Crippen molar-refractivity contribution in [2.24, 2.45) is 5.73 Å². The Balaban J connectivity index is 2.12. The molecule has 0 bridgehead atoms. The van der Waals surface area contributed by atoms with Crippen molar-refractivity contribution in [2.75, 3.05) is 4.90 Å². The number of nitrogens with two attached hydrogens (primary N) is 1. The van der Waals surface area contributed by atoms with Crippen LogP contribution in [0.3, 0.4) is 0 Å². The molecule has 1 unspecified atom stereocenters. The van der Waals surface area contributed by atoms with Crippen LogP contribution in [0.5, 0.6) is 0 Å². The Bertz CT molecular complexity index is 565. The van der Waals surface area contributed by atoms with E-state index in [1.54, 1.807) is 6.20 Å². The second-order valence-corrected chi connectivity index (χ2v) is 4.73. The zero-order valence-corrected chi connectivity index (χ0v) is 10.5. The number of benzene rings is 1. The van der Waals surface area contributed by atoms with Gasteiger partial charge in [-0.1, -0.05) is 18.2 Å². The standard InChI is InChI=1S/C15H17N3/c1-11-9-12-5-2-3-6-14(12)18(11)15-7-4-8-17-13(15)10-16/h2-8,11H,9-10,16H2,1H3. The van der Waals surface area contributed by atoms with Gasteiger partial charge in [-0.3, -0.25) is 4.98 Å². The number of rotatable bonds is 2. The van der Waals surface area contributed by atoms with Gasteiger partial charge in [0.25, 0.3) is 0 Å². The Kier molecular flexibility index (Phi) is 2.76. The molecule has 0 fully saturated rings. The third kappa shape index (κ3) is 1.68. The number of fused-ring (bicyclic) bond motifs is 1. The first-order valence-corrected chi connectivity index (χ1v) is 6.32. The molecule has 2 N–H and O–H groups in total. The van der Waals surface area contributed by atoms with Crippen LogP contribution in [0.2, 0.25) is 0 Å². The molecule has 0 amide bonds. The molecule has 0 aliphatic carbocycles. The van der Waals surface area contributed by atoms with Crippen LogP contribution in [-0.2, 0) is 13.0 Å². The molecule has 2 aromatic rings. The van der Waals surface area contributed by atoms with E-state index in [1.807, 2.05) is 6.07 Å². The van der Waals surface area contributed by atoms with Crippen molar-refractivity contribution in [3.8, 4) is 0 Å². The predicted molar refractivity (Wildman–Crippen MR) is 73.9 cm³/mol. The minimum Gasteiger partial charge on any atom is -0.337 e. The lowest BCUT2D eigenvalue weighted by atomic mass is 10.1. The molecule has 18 heavy (non-hydrogen) atoms. The van der Waals surface area contributed by atoms with E-state index in [4.69, 9.17) is 5.73 Å². The fourth-order valence-electron chi connectivity index (χ4n) is 2.74. The van der Waals surface area contributed by atoms with E-state index in [0.717, 1.165) is 17.8 Å². The van der Waals surface area contributed by atoms with Gasteiger partial charge in [0.2, 0.25) is 0 Å². The van der Waals surface area contributed by atoms with E-state index in [0.29, 0.717) is 12.6 Å². The summed E-state index contributed by atoms with van der Waals surface area (Å²) < 4.78 is 0. The molecule has 0 saturated heterocycles. The van der Waals surface area contributed by atoms with Crippen molar-refractivity contribution < 1.29 is 0 Å². The second kappa shape index (κ2) is 4.42. The van der Waals surface area contributed by atoms with Gasteiger partial charge in [-0.2, -0.15) is 0 Å². The van der Waals surface area contributed by atoms with Gasteiger partial charge in [0.05, 0.1) is 11.4 Å². The largest absolute Gasteiger partial charge is 0.337 e. The van der Waals surface area contributed by atoms with Crippen molar-refractivity contribution >= 4 is 11.4 Å². The Morgan fingerprint density at radius 2 is 2.00 bits per heavy atom. The van der Waals surface area contributed by atoms with Gasteiger partial charge in [0, 0.05) is 24.5 Å². The SMILES string of the molecule is CC1Cc2ccccc2N1c1cccnc1CN. The molecule has 2 heterocycles. The lowest BCUT2D eigenvalue weighted by Gasteiger charge is -2.26. The summed E-state index contributed by atoms with van der Waals surface area (Å²) in [6.07, 6.45) is 2.88. The third-order valence-corrected chi connectivity index (χ3v) is 3.53. The molecule has 0 radical (unpaired) electrons. The summed E-state index contributed by atoms with van der Waals surface area (Å²) in [5, 5.41) is 0. The van der Waals surface area contributed by atoms with Crippen LogP contribution in [-0.4, -0.2) is 11.0 Å². The van der Waals surface area contributed by atoms with Gasteiger partial charge in [-0.25, -0.2) is 0 Å². The van der Waals surface area contributed by atoms with Crippen molar-refractivity contribution in [3.05, 3.63) is 53.9 Å². The normalized spacial score (nSPS) is 17.9. The number of anilines is 2. The maximum Gasteiger partial charge on any atom is 0.0775 e. The highest BCUT2D eigenvalue weighted by Crippen LogP contribution is 2.38. The molecule has 3 heteroatoms. The van der Waals surface area contributed by atoms with E-state index in [9.17, 15) is 0 Å². The Hall–Kier alpha value is -1.87. The number of hydrogen-bond donors (Lipinski definition) is 1. The highest BCUT2D eigenvalue weighted by Gasteiger charge is 2.28. The number of pyridine rings is 1. The summed E-state index contributed by atoms with van der Waals surface area (Å²) in [6.45, 7) is 2.72. The first-order valence-electron chi connectivity index (χ1n) is 6.32. The highest BCUT2D eigenvalue weighted by molar-refractivity contribution is 5.72. The minimum absolute atomic E-state index is 0.455. The molecule has 1 aliphatic rings. The summed E-state index contributed by atoms with van der Waals surface area (Å²) in [6, 6.07) is 13.1. The topological polar surface area (TPSA) is 42.2 Å². The van der Waals surface area contributed by atoms with Gasteiger partial charge in [0.1, 0.15) is 0 Å². The summed E-state index contributed by atoms with van der Waals surface area (Å²) >= 11 is 0. The smallest absolute Gasteiger partial charge is 0.0775 e. The molecular formula is C15H17N3. The van der Waals surface area contributed by atoms with Crippen LogP contribution in [0.4, 0.5) is 11.4 Å². The number of para-hydroxylation sites is 1. The van der Waals surface area contributed by atoms with Gasteiger partial charge < -0.3 is 10.6 Å². The molecular weight excluding hydrogens is 222 g/mol. The van der Waals surface area contributed by atoms with E-state index in [2.05, 4.69) is 47.1 Å². The monoisotopic (exact) mass is 239 g/mol. The van der Waals surface area contributed by atoms with Crippen LogP contribution in [0, 0.1) is 0 Å². The Labute approximate surface area is 107 Å². The molecule has 3 rings (SSSR count). The molecule has 1 atom stereocenters. The van der Waals surface area contributed by atoms with E-state index in [-0.39, 0.29) is 0 Å². The van der Waals surface area contributed by atoms with Crippen LogP contribution in [0.1, 0.15) is 18.2 Å². The van der Waals surface area contributed by atoms with Crippen molar-refractivity contribution in [2.45, 2.75) is 25.9 Å². The number of aromatic nitrogens is 1. The lowest BCUT2D eigenvalue weighted by Crippen LogP contribution is -2.25. The van der Waals surface area contributed by atoms with Crippen molar-refractivity contribution in [3.63, 3.8) is 0 Å².